The first kappa shape index (κ1) is 18.9. The van der Waals surface area contributed by atoms with Crippen molar-refractivity contribution >= 4 is 11.7 Å². The molecule has 2 fully saturated rings. The summed E-state index contributed by atoms with van der Waals surface area (Å²) in [5, 5.41) is 3.11. The zero-order valence-electron chi connectivity index (χ0n) is 16.1. The Labute approximate surface area is 157 Å². The van der Waals surface area contributed by atoms with E-state index in [1.54, 1.807) is 14.2 Å². The number of nitrogens with zero attached hydrogens (tertiary/aromatic N) is 1. The molecule has 1 aromatic rings. The number of anilines is 1. The largest absolute Gasteiger partial charge is 0.497 e. The maximum absolute atomic E-state index is 13.3. The van der Waals surface area contributed by atoms with Crippen molar-refractivity contribution in [3.63, 3.8) is 0 Å². The molecule has 2 aliphatic rings. The number of hydrogen-bond donors (Lipinski definition) is 1. The third-order valence-corrected chi connectivity index (χ3v) is 5.82. The minimum Gasteiger partial charge on any atom is -0.497 e. The van der Waals surface area contributed by atoms with Gasteiger partial charge in [0.1, 0.15) is 11.5 Å². The lowest BCUT2D eigenvalue weighted by Gasteiger charge is -2.41. The van der Waals surface area contributed by atoms with Gasteiger partial charge in [-0.1, -0.05) is 38.5 Å². The maximum atomic E-state index is 13.3. The third kappa shape index (κ3) is 4.43. The van der Waals surface area contributed by atoms with Gasteiger partial charge in [0, 0.05) is 18.2 Å². The van der Waals surface area contributed by atoms with Gasteiger partial charge < -0.3 is 19.7 Å². The standard InChI is InChI=1S/C21H32N2O3/c1-25-18-13-14-20(26-2)19(15-18)22-21(24)23(16-9-5-3-6-10-16)17-11-7-4-8-12-17/h13-17H,3-12H2,1-2H3,(H,22,24). The van der Waals surface area contributed by atoms with Gasteiger partial charge in [0.15, 0.2) is 0 Å². The summed E-state index contributed by atoms with van der Waals surface area (Å²) in [5.74, 6) is 1.37. The van der Waals surface area contributed by atoms with Crippen LogP contribution in [0.3, 0.4) is 0 Å². The van der Waals surface area contributed by atoms with Gasteiger partial charge in [0.2, 0.25) is 0 Å². The van der Waals surface area contributed by atoms with Crippen molar-refractivity contribution in [1.82, 2.24) is 4.90 Å². The van der Waals surface area contributed by atoms with Gasteiger partial charge in [-0.25, -0.2) is 4.79 Å². The number of hydrogen-bond acceptors (Lipinski definition) is 3. The summed E-state index contributed by atoms with van der Waals surface area (Å²) in [4.78, 5) is 15.5. The first-order valence-corrected chi connectivity index (χ1v) is 10.0. The molecule has 2 amide bonds. The molecule has 0 saturated heterocycles. The van der Waals surface area contributed by atoms with Gasteiger partial charge in [-0.2, -0.15) is 0 Å². The number of methoxy groups -OCH3 is 2. The van der Waals surface area contributed by atoms with Crippen LogP contribution in [0.1, 0.15) is 64.2 Å². The Kier molecular flexibility index (Phi) is 6.64. The molecule has 0 atom stereocenters. The maximum Gasteiger partial charge on any atom is 0.322 e. The first-order valence-electron chi connectivity index (χ1n) is 10.0. The lowest BCUT2D eigenvalue weighted by molar-refractivity contribution is 0.114. The van der Waals surface area contributed by atoms with Gasteiger partial charge in [-0.05, 0) is 37.8 Å². The van der Waals surface area contributed by atoms with Gasteiger partial charge in [0.05, 0.1) is 19.9 Å². The number of amides is 2. The molecule has 26 heavy (non-hydrogen) atoms. The molecule has 5 heteroatoms. The number of nitrogens with one attached hydrogen (secondary N) is 1. The Morgan fingerprint density at radius 1 is 0.923 bits per heavy atom. The van der Waals surface area contributed by atoms with Crippen LogP contribution in [0.25, 0.3) is 0 Å². The summed E-state index contributed by atoms with van der Waals surface area (Å²) in [5.41, 5.74) is 0.675. The SMILES string of the molecule is COc1ccc(OC)c(NC(=O)N(C2CCCCC2)C2CCCCC2)c1. The smallest absolute Gasteiger partial charge is 0.322 e. The fourth-order valence-corrected chi connectivity index (χ4v) is 4.44. The van der Waals surface area contributed by atoms with E-state index in [9.17, 15) is 4.79 Å². The van der Waals surface area contributed by atoms with Crippen LogP contribution in [0.4, 0.5) is 10.5 Å². The molecule has 0 unspecified atom stereocenters. The summed E-state index contributed by atoms with van der Waals surface area (Å²) in [6.45, 7) is 0. The summed E-state index contributed by atoms with van der Waals surface area (Å²) in [6.07, 6.45) is 12.0. The lowest BCUT2D eigenvalue weighted by Crippen LogP contribution is -2.50. The van der Waals surface area contributed by atoms with Crippen LogP contribution in [0, 0.1) is 0 Å². The number of ether oxygens (including phenoxy) is 2. The average molecular weight is 360 g/mol. The summed E-state index contributed by atoms with van der Waals surface area (Å²) in [7, 11) is 3.25. The van der Waals surface area contributed by atoms with Gasteiger partial charge >= 0.3 is 6.03 Å². The molecule has 2 saturated carbocycles. The average Bonchev–Trinajstić information content (AvgIpc) is 2.69. The molecule has 0 radical (unpaired) electrons. The monoisotopic (exact) mass is 360 g/mol. The Morgan fingerprint density at radius 3 is 2.00 bits per heavy atom. The Hall–Kier alpha value is -1.91. The second-order valence-electron chi connectivity index (χ2n) is 7.49. The molecule has 2 aliphatic carbocycles. The number of rotatable bonds is 5. The predicted octanol–water partition coefficient (Wildman–Crippen LogP) is 5.20. The number of urea groups is 1. The van der Waals surface area contributed by atoms with Crippen LogP contribution in [-0.4, -0.2) is 37.2 Å². The molecule has 5 nitrogen and oxygen atoms in total. The number of carbonyl (C=O) groups excluding carboxylic acids is 1. The minimum atomic E-state index is 0.00959. The highest BCUT2D eigenvalue weighted by atomic mass is 16.5. The normalized spacial score (nSPS) is 19.0. The molecule has 3 rings (SSSR count). The fourth-order valence-electron chi connectivity index (χ4n) is 4.44. The first-order chi connectivity index (χ1) is 12.7. The lowest BCUT2D eigenvalue weighted by atomic mass is 9.89. The molecular formula is C21H32N2O3. The van der Waals surface area contributed by atoms with Crippen molar-refractivity contribution in [3.8, 4) is 11.5 Å². The van der Waals surface area contributed by atoms with E-state index in [2.05, 4.69) is 10.2 Å². The minimum absolute atomic E-state index is 0.00959. The van der Waals surface area contributed by atoms with Crippen molar-refractivity contribution in [3.05, 3.63) is 18.2 Å². The zero-order chi connectivity index (χ0) is 18.4. The van der Waals surface area contributed by atoms with Crippen LogP contribution in [0.5, 0.6) is 11.5 Å². The van der Waals surface area contributed by atoms with Crippen LogP contribution in [0.15, 0.2) is 18.2 Å². The summed E-state index contributed by atoms with van der Waals surface area (Å²) >= 11 is 0. The van der Waals surface area contributed by atoms with E-state index in [0.29, 0.717) is 29.3 Å². The highest BCUT2D eigenvalue weighted by Gasteiger charge is 2.32. The van der Waals surface area contributed by atoms with Crippen molar-refractivity contribution in [2.24, 2.45) is 0 Å². The van der Waals surface area contributed by atoms with E-state index in [4.69, 9.17) is 9.47 Å². The molecule has 1 aromatic carbocycles. The number of carbonyl (C=O) groups is 1. The Morgan fingerprint density at radius 2 is 1.50 bits per heavy atom. The van der Waals surface area contributed by atoms with E-state index < -0.39 is 0 Å². The molecule has 1 N–H and O–H groups in total. The highest BCUT2D eigenvalue weighted by molar-refractivity contribution is 5.91. The molecule has 0 aliphatic heterocycles. The van der Waals surface area contributed by atoms with Gasteiger partial charge in [-0.3, -0.25) is 0 Å². The highest BCUT2D eigenvalue weighted by Crippen LogP contribution is 2.33. The van der Waals surface area contributed by atoms with Crippen LogP contribution in [0.2, 0.25) is 0 Å². The van der Waals surface area contributed by atoms with E-state index in [1.165, 1.54) is 38.5 Å². The van der Waals surface area contributed by atoms with Crippen molar-refractivity contribution in [2.75, 3.05) is 19.5 Å². The summed E-state index contributed by atoms with van der Waals surface area (Å²) in [6, 6.07) is 6.24. The molecule has 144 valence electrons. The topological polar surface area (TPSA) is 50.8 Å². The van der Waals surface area contributed by atoms with Crippen molar-refractivity contribution in [1.29, 1.82) is 0 Å². The van der Waals surface area contributed by atoms with E-state index in [-0.39, 0.29) is 6.03 Å². The van der Waals surface area contributed by atoms with Gasteiger partial charge in [-0.15, -0.1) is 0 Å². The molecule has 0 aromatic heterocycles. The van der Waals surface area contributed by atoms with Gasteiger partial charge in [0.25, 0.3) is 0 Å². The van der Waals surface area contributed by atoms with Crippen molar-refractivity contribution < 1.29 is 14.3 Å². The number of benzene rings is 1. The Bertz CT molecular complexity index is 575. The van der Waals surface area contributed by atoms with E-state index in [1.807, 2.05) is 18.2 Å². The molecule has 0 spiro atoms. The fraction of sp³-hybridized carbons (Fsp3) is 0.667. The third-order valence-electron chi connectivity index (χ3n) is 5.82. The van der Waals surface area contributed by atoms with Crippen LogP contribution in [-0.2, 0) is 0 Å². The molecule has 0 bridgehead atoms. The summed E-state index contributed by atoms with van der Waals surface area (Å²) < 4.78 is 10.7. The van der Waals surface area contributed by atoms with E-state index >= 15 is 0 Å². The second kappa shape index (κ2) is 9.15. The van der Waals surface area contributed by atoms with Crippen molar-refractivity contribution in [2.45, 2.75) is 76.3 Å². The quantitative estimate of drug-likeness (QED) is 0.785. The Balaban J connectivity index is 1.80. The second-order valence-corrected chi connectivity index (χ2v) is 7.49. The van der Waals surface area contributed by atoms with E-state index in [0.717, 1.165) is 25.7 Å². The van der Waals surface area contributed by atoms with Crippen LogP contribution < -0.4 is 14.8 Å². The van der Waals surface area contributed by atoms with Crippen LogP contribution >= 0.6 is 0 Å². The zero-order valence-corrected chi connectivity index (χ0v) is 16.1. The molecule has 0 heterocycles. The molecular weight excluding hydrogens is 328 g/mol. The predicted molar refractivity (Wildman–Crippen MR) is 104 cm³/mol.